The van der Waals surface area contributed by atoms with Crippen molar-refractivity contribution < 1.29 is 5.11 Å². The predicted molar refractivity (Wildman–Crippen MR) is 112 cm³/mol. The molecule has 0 spiro atoms. The van der Waals surface area contributed by atoms with Gasteiger partial charge in [0.25, 0.3) is 5.56 Å². The van der Waals surface area contributed by atoms with Gasteiger partial charge in [0, 0.05) is 17.1 Å². The predicted octanol–water partition coefficient (Wildman–Crippen LogP) is 5.35. The number of nitrogens with zero attached hydrogens (tertiary/aromatic N) is 4. The maximum atomic E-state index is 13.0. The molecule has 0 saturated carbocycles. The molecule has 0 saturated heterocycles. The highest BCUT2D eigenvalue weighted by atomic mass is 35.5. The van der Waals surface area contributed by atoms with Gasteiger partial charge in [-0.05, 0) is 43.5 Å². The summed E-state index contributed by atoms with van der Waals surface area (Å²) in [5, 5.41) is 28.8. The quantitative estimate of drug-likeness (QED) is 0.578. The summed E-state index contributed by atoms with van der Waals surface area (Å²) in [6.45, 7) is 3.59. The van der Waals surface area contributed by atoms with E-state index < -0.39 is 5.56 Å². The van der Waals surface area contributed by atoms with Crippen molar-refractivity contribution in [3.63, 3.8) is 0 Å². The fraction of sp³-hybridized carbons (Fsp3) is 0.182. The van der Waals surface area contributed by atoms with Crippen LogP contribution in [0.4, 0.5) is 11.4 Å². The summed E-state index contributed by atoms with van der Waals surface area (Å²) in [6, 6.07) is 16.8. The number of benzene rings is 2. The molecule has 0 unspecified atom stereocenters. The molecule has 0 amide bonds. The van der Waals surface area contributed by atoms with Crippen molar-refractivity contribution in [1.29, 1.82) is 5.26 Å². The van der Waals surface area contributed by atoms with Crippen molar-refractivity contribution in [2.75, 3.05) is 0 Å². The second-order valence-corrected chi connectivity index (χ2v) is 6.97. The lowest BCUT2D eigenvalue weighted by Gasteiger charge is -2.13. The van der Waals surface area contributed by atoms with Gasteiger partial charge in [-0.2, -0.15) is 10.4 Å². The van der Waals surface area contributed by atoms with Gasteiger partial charge in [0.05, 0.1) is 5.69 Å². The number of aromatic hydroxyl groups is 1. The van der Waals surface area contributed by atoms with E-state index >= 15 is 0 Å². The molecule has 6 nitrogen and oxygen atoms in total. The molecule has 2 aromatic carbocycles. The maximum Gasteiger partial charge on any atom is 0.281 e. The van der Waals surface area contributed by atoms with Crippen LogP contribution in [0.1, 0.15) is 22.3 Å². The number of aromatic nitrogens is 1. The van der Waals surface area contributed by atoms with E-state index in [9.17, 15) is 15.2 Å². The molecule has 29 heavy (non-hydrogen) atoms. The molecule has 0 radical (unpaired) electrons. The summed E-state index contributed by atoms with van der Waals surface area (Å²) < 4.78 is 1.16. The minimum atomic E-state index is -0.502. The summed E-state index contributed by atoms with van der Waals surface area (Å²) in [4.78, 5) is 13.0. The van der Waals surface area contributed by atoms with Crippen LogP contribution >= 0.6 is 11.6 Å². The van der Waals surface area contributed by atoms with Crippen molar-refractivity contribution in [2.24, 2.45) is 10.2 Å². The summed E-state index contributed by atoms with van der Waals surface area (Å²) in [7, 11) is 0. The number of aryl methyl sites for hydroxylation is 1. The van der Waals surface area contributed by atoms with E-state index in [1.807, 2.05) is 36.4 Å². The van der Waals surface area contributed by atoms with E-state index in [0.717, 1.165) is 15.7 Å². The Morgan fingerprint density at radius 3 is 2.48 bits per heavy atom. The van der Waals surface area contributed by atoms with Crippen LogP contribution in [-0.2, 0) is 13.0 Å². The number of pyridine rings is 1. The average molecular weight is 407 g/mol. The van der Waals surface area contributed by atoms with Gasteiger partial charge < -0.3 is 5.11 Å². The van der Waals surface area contributed by atoms with E-state index in [2.05, 4.69) is 10.2 Å². The summed E-state index contributed by atoms with van der Waals surface area (Å²) in [5.41, 5.74) is 2.09. The third-order valence-corrected chi connectivity index (χ3v) is 5.14. The number of hydrogen-bond donors (Lipinski definition) is 1. The molecular formula is C22H19ClN4O2. The van der Waals surface area contributed by atoms with Crippen molar-refractivity contribution >= 4 is 23.0 Å². The second-order valence-electron chi connectivity index (χ2n) is 6.56. The van der Waals surface area contributed by atoms with Crippen LogP contribution in [0.3, 0.4) is 0 Å². The molecule has 0 bridgehead atoms. The topological polar surface area (TPSA) is 90.7 Å². The Kier molecular flexibility index (Phi) is 6.10. The molecule has 0 fully saturated rings. The van der Waals surface area contributed by atoms with Crippen LogP contribution in [0.5, 0.6) is 5.88 Å². The molecule has 3 aromatic rings. The van der Waals surface area contributed by atoms with Gasteiger partial charge in [0.15, 0.2) is 5.69 Å². The fourth-order valence-electron chi connectivity index (χ4n) is 2.96. The van der Waals surface area contributed by atoms with Crippen LogP contribution in [0.25, 0.3) is 0 Å². The highest BCUT2D eigenvalue weighted by Gasteiger charge is 2.19. The van der Waals surface area contributed by atoms with E-state index in [-0.39, 0.29) is 29.2 Å². The molecule has 146 valence electrons. The standard InChI is InChI=1S/C22H19ClN4O2/c1-14-17(13-24)21(28)27(12-11-16-7-4-3-5-8-16)22(29)20(14)26-25-19-10-6-9-18(23)15(19)2/h3-10,28H,11-12H2,1-2H3. The Hall–Kier alpha value is -3.43. The molecule has 0 aliphatic heterocycles. The average Bonchev–Trinajstić information content (AvgIpc) is 2.72. The van der Waals surface area contributed by atoms with Gasteiger partial charge in [-0.25, -0.2) is 0 Å². The zero-order valence-electron chi connectivity index (χ0n) is 16.1. The molecule has 7 heteroatoms. The van der Waals surface area contributed by atoms with Gasteiger partial charge in [-0.15, -0.1) is 5.11 Å². The van der Waals surface area contributed by atoms with Crippen molar-refractivity contribution in [2.45, 2.75) is 26.8 Å². The first-order chi connectivity index (χ1) is 13.9. The Morgan fingerprint density at radius 2 is 1.79 bits per heavy atom. The zero-order valence-corrected chi connectivity index (χ0v) is 16.8. The Balaban J connectivity index is 2.05. The Morgan fingerprint density at radius 1 is 1.07 bits per heavy atom. The monoisotopic (exact) mass is 406 g/mol. The zero-order chi connectivity index (χ0) is 21.0. The SMILES string of the molecule is Cc1c(Cl)cccc1N=Nc1c(C)c(C#N)c(O)n(CCc2ccccc2)c1=O. The fourth-order valence-corrected chi connectivity index (χ4v) is 3.13. The summed E-state index contributed by atoms with van der Waals surface area (Å²) >= 11 is 6.11. The van der Waals surface area contributed by atoms with Crippen LogP contribution < -0.4 is 5.56 Å². The van der Waals surface area contributed by atoms with E-state index in [0.29, 0.717) is 17.1 Å². The number of hydrogen-bond acceptors (Lipinski definition) is 5. The molecule has 1 aromatic heterocycles. The van der Waals surface area contributed by atoms with Gasteiger partial charge >= 0.3 is 0 Å². The second kappa shape index (κ2) is 8.72. The van der Waals surface area contributed by atoms with Crippen LogP contribution in [0.15, 0.2) is 63.6 Å². The number of halogens is 1. The number of azo groups is 1. The lowest BCUT2D eigenvalue weighted by Crippen LogP contribution is -2.22. The lowest BCUT2D eigenvalue weighted by molar-refractivity contribution is 0.404. The minimum absolute atomic E-state index is 0.00873. The van der Waals surface area contributed by atoms with Crippen LogP contribution in [-0.4, -0.2) is 9.67 Å². The van der Waals surface area contributed by atoms with Crippen LogP contribution in [0.2, 0.25) is 5.02 Å². The largest absolute Gasteiger partial charge is 0.493 e. The van der Waals surface area contributed by atoms with E-state index in [1.54, 1.807) is 32.0 Å². The van der Waals surface area contributed by atoms with Gasteiger partial charge in [-0.1, -0.05) is 48.0 Å². The van der Waals surface area contributed by atoms with Gasteiger partial charge in [0.2, 0.25) is 5.88 Å². The smallest absolute Gasteiger partial charge is 0.281 e. The van der Waals surface area contributed by atoms with Gasteiger partial charge in [-0.3, -0.25) is 9.36 Å². The van der Waals surface area contributed by atoms with Crippen molar-refractivity contribution in [3.05, 3.63) is 86.2 Å². The lowest BCUT2D eigenvalue weighted by atomic mass is 10.1. The highest BCUT2D eigenvalue weighted by molar-refractivity contribution is 6.31. The van der Waals surface area contributed by atoms with Gasteiger partial charge in [0.1, 0.15) is 11.6 Å². The molecule has 1 heterocycles. The summed E-state index contributed by atoms with van der Waals surface area (Å²) in [6.07, 6.45) is 0.520. The number of rotatable bonds is 5. The Labute approximate surface area is 173 Å². The van der Waals surface area contributed by atoms with Crippen molar-refractivity contribution in [1.82, 2.24) is 4.57 Å². The van der Waals surface area contributed by atoms with Crippen LogP contribution in [0, 0.1) is 25.2 Å². The Bertz CT molecular complexity index is 1180. The molecule has 3 rings (SSSR count). The highest BCUT2D eigenvalue weighted by Crippen LogP contribution is 2.29. The molecule has 1 N–H and O–H groups in total. The van der Waals surface area contributed by atoms with E-state index in [1.165, 1.54) is 0 Å². The first-order valence-electron chi connectivity index (χ1n) is 9.01. The summed E-state index contributed by atoms with van der Waals surface area (Å²) in [5.74, 6) is -0.358. The first-order valence-corrected chi connectivity index (χ1v) is 9.39. The first kappa shape index (κ1) is 20.3. The molecule has 0 aliphatic carbocycles. The third kappa shape index (κ3) is 4.20. The molecule has 0 atom stereocenters. The minimum Gasteiger partial charge on any atom is -0.493 e. The maximum absolute atomic E-state index is 13.0. The molecule has 0 aliphatic rings. The normalized spacial score (nSPS) is 11.0. The van der Waals surface area contributed by atoms with E-state index in [4.69, 9.17) is 11.6 Å². The van der Waals surface area contributed by atoms with Crippen molar-refractivity contribution in [3.8, 4) is 11.9 Å². The number of nitriles is 1. The third-order valence-electron chi connectivity index (χ3n) is 4.73. The molecular weight excluding hydrogens is 388 g/mol.